The molecule has 0 amide bonds. The Balaban J connectivity index is 2.55. The number of nitrogens with one attached hydrogen (secondary N) is 1. The van der Waals surface area contributed by atoms with E-state index in [2.05, 4.69) is 15.0 Å². The summed E-state index contributed by atoms with van der Waals surface area (Å²) in [5, 5.41) is 0. The van der Waals surface area contributed by atoms with Gasteiger partial charge in [-0.25, -0.2) is 4.98 Å². The van der Waals surface area contributed by atoms with Crippen LogP contribution in [0, 0.1) is 6.92 Å². The van der Waals surface area contributed by atoms with Crippen molar-refractivity contribution < 1.29 is 0 Å². The van der Waals surface area contributed by atoms with E-state index >= 15 is 0 Å². The average molecular weight is 243 g/mol. The topological polar surface area (TPSA) is 58.6 Å². The van der Waals surface area contributed by atoms with Crippen LogP contribution in [0.1, 0.15) is 32.0 Å². The van der Waals surface area contributed by atoms with Gasteiger partial charge in [-0.3, -0.25) is 9.78 Å². The highest BCUT2D eigenvalue weighted by Crippen LogP contribution is 2.20. The normalized spacial score (nSPS) is 11.6. The summed E-state index contributed by atoms with van der Waals surface area (Å²) in [5.41, 5.74) is 2.22. The van der Waals surface area contributed by atoms with E-state index in [9.17, 15) is 4.79 Å². The highest BCUT2D eigenvalue weighted by atomic mass is 16.1. The number of pyridine rings is 1. The Morgan fingerprint density at radius 3 is 2.50 bits per heavy atom. The molecule has 0 bridgehead atoms. The zero-order chi connectivity index (χ0) is 13.3. The van der Waals surface area contributed by atoms with E-state index in [4.69, 9.17) is 0 Å². The van der Waals surface area contributed by atoms with E-state index in [0.717, 1.165) is 11.3 Å². The van der Waals surface area contributed by atoms with Gasteiger partial charge in [0, 0.05) is 17.7 Å². The lowest BCUT2D eigenvalue weighted by molar-refractivity contribution is 0.566. The van der Waals surface area contributed by atoms with Crippen molar-refractivity contribution in [1.82, 2.24) is 15.0 Å². The molecule has 2 heterocycles. The molecule has 0 radical (unpaired) electrons. The van der Waals surface area contributed by atoms with Crippen molar-refractivity contribution in [1.29, 1.82) is 0 Å². The van der Waals surface area contributed by atoms with Crippen LogP contribution in [0.25, 0.3) is 11.5 Å². The number of rotatable bonds is 1. The second-order valence-corrected chi connectivity index (χ2v) is 5.45. The Morgan fingerprint density at radius 1 is 1.22 bits per heavy atom. The Bertz CT molecular complexity index is 606. The van der Waals surface area contributed by atoms with Gasteiger partial charge in [-0.15, -0.1) is 0 Å². The van der Waals surface area contributed by atoms with Crippen molar-refractivity contribution in [2.24, 2.45) is 0 Å². The van der Waals surface area contributed by atoms with Gasteiger partial charge in [0.15, 0.2) is 5.82 Å². The van der Waals surface area contributed by atoms with E-state index in [0.29, 0.717) is 11.5 Å². The molecule has 2 rings (SSSR count). The maximum atomic E-state index is 11.7. The minimum Gasteiger partial charge on any atom is -0.305 e. The smallest absolute Gasteiger partial charge is 0.251 e. The van der Waals surface area contributed by atoms with Crippen LogP contribution < -0.4 is 5.56 Å². The van der Waals surface area contributed by atoms with Gasteiger partial charge in [-0.2, -0.15) is 0 Å². The van der Waals surface area contributed by atoms with Crippen LogP contribution in [0.3, 0.4) is 0 Å². The quantitative estimate of drug-likeness (QED) is 0.836. The van der Waals surface area contributed by atoms with Crippen LogP contribution in [0.4, 0.5) is 0 Å². The number of aryl methyl sites for hydroxylation is 1. The number of nitrogens with zero attached hydrogens (tertiary/aromatic N) is 2. The summed E-state index contributed by atoms with van der Waals surface area (Å²) in [4.78, 5) is 23.2. The van der Waals surface area contributed by atoms with E-state index in [1.807, 2.05) is 39.8 Å². The standard InChI is InChI=1S/C14H17N3O/c1-9-5-6-10(15-8-9)13-16-11(14(2,3)4)7-12(18)17-13/h5-8H,1-4H3,(H,16,17,18). The molecule has 0 spiro atoms. The summed E-state index contributed by atoms with van der Waals surface area (Å²) in [5.74, 6) is 0.521. The largest absolute Gasteiger partial charge is 0.305 e. The second kappa shape index (κ2) is 4.37. The molecule has 4 heteroatoms. The molecule has 2 aromatic rings. The van der Waals surface area contributed by atoms with Crippen LogP contribution in [-0.4, -0.2) is 15.0 Å². The molecule has 1 N–H and O–H groups in total. The molecule has 4 nitrogen and oxygen atoms in total. The first-order valence-corrected chi connectivity index (χ1v) is 5.91. The Hall–Kier alpha value is -1.97. The minimum absolute atomic E-state index is 0.146. The fraction of sp³-hybridized carbons (Fsp3) is 0.357. The highest BCUT2D eigenvalue weighted by Gasteiger charge is 2.17. The van der Waals surface area contributed by atoms with E-state index in [-0.39, 0.29) is 11.0 Å². The average Bonchev–Trinajstić information content (AvgIpc) is 2.28. The first-order chi connectivity index (χ1) is 8.36. The lowest BCUT2D eigenvalue weighted by Crippen LogP contribution is -2.20. The van der Waals surface area contributed by atoms with Crippen molar-refractivity contribution in [3.63, 3.8) is 0 Å². The molecule has 94 valence electrons. The van der Waals surface area contributed by atoms with Crippen LogP contribution in [0.5, 0.6) is 0 Å². The van der Waals surface area contributed by atoms with Gasteiger partial charge in [-0.1, -0.05) is 26.8 Å². The highest BCUT2D eigenvalue weighted by molar-refractivity contribution is 5.49. The zero-order valence-corrected chi connectivity index (χ0v) is 11.1. The maximum Gasteiger partial charge on any atom is 0.251 e. The van der Waals surface area contributed by atoms with E-state index in [1.165, 1.54) is 6.07 Å². The van der Waals surface area contributed by atoms with Crippen molar-refractivity contribution in [2.75, 3.05) is 0 Å². The fourth-order valence-electron chi connectivity index (χ4n) is 1.57. The summed E-state index contributed by atoms with van der Waals surface area (Å²) in [6.07, 6.45) is 1.76. The van der Waals surface area contributed by atoms with Crippen molar-refractivity contribution in [3.8, 4) is 11.5 Å². The minimum atomic E-state index is -0.159. The summed E-state index contributed by atoms with van der Waals surface area (Å²) in [6, 6.07) is 5.35. The lowest BCUT2D eigenvalue weighted by Gasteiger charge is -2.17. The molecular formula is C14H17N3O. The molecular weight excluding hydrogens is 226 g/mol. The number of aromatic nitrogens is 3. The van der Waals surface area contributed by atoms with Crippen LogP contribution >= 0.6 is 0 Å². The van der Waals surface area contributed by atoms with Crippen molar-refractivity contribution >= 4 is 0 Å². The third kappa shape index (κ3) is 2.64. The van der Waals surface area contributed by atoms with Crippen molar-refractivity contribution in [3.05, 3.63) is 46.0 Å². The molecule has 0 saturated carbocycles. The third-order valence-electron chi connectivity index (χ3n) is 2.66. The first-order valence-electron chi connectivity index (χ1n) is 5.91. The molecule has 0 fully saturated rings. The Labute approximate surface area is 106 Å². The molecule has 0 unspecified atom stereocenters. The summed E-state index contributed by atoms with van der Waals surface area (Å²) >= 11 is 0. The number of hydrogen-bond donors (Lipinski definition) is 1. The lowest BCUT2D eigenvalue weighted by atomic mass is 9.92. The molecule has 0 aliphatic rings. The molecule has 0 saturated heterocycles. The fourth-order valence-corrected chi connectivity index (χ4v) is 1.57. The van der Waals surface area contributed by atoms with E-state index in [1.54, 1.807) is 6.20 Å². The summed E-state index contributed by atoms with van der Waals surface area (Å²) in [7, 11) is 0. The predicted molar refractivity (Wildman–Crippen MR) is 71.5 cm³/mol. The van der Waals surface area contributed by atoms with Gasteiger partial charge in [0.1, 0.15) is 5.69 Å². The van der Waals surface area contributed by atoms with Gasteiger partial charge < -0.3 is 4.98 Å². The van der Waals surface area contributed by atoms with Crippen LogP contribution in [0.15, 0.2) is 29.2 Å². The van der Waals surface area contributed by atoms with Gasteiger partial charge in [0.2, 0.25) is 0 Å². The summed E-state index contributed by atoms with van der Waals surface area (Å²) in [6.45, 7) is 8.06. The van der Waals surface area contributed by atoms with Gasteiger partial charge in [0.05, 0.1) is 5.69 Å². The maximum absolute atomic E-state index is 11.7. The third-order valence-corrected chi connectivity index (χ3v) is 2.66. The second-order valence-electron chi connectivity index (χ2n) is 5.45. The van der Waals surface area contributed by atoms with Gasteiger partial charge in [-0.05, 0) is 18.6 Å². The molecule has 0 atom stereocenters. The first kappa shape index (κ1) is 12.5. The van der Waals surface area contributed by atoms with Gasteiger partial charge in [0.25, 0.3) is 5.56 Å². The predicted octanol–water partition coefficient (Wildman–Crippen LogP) is 2.44. The number of H-pyrrole nitrogens is 1. The Morgan fingerprint density at radius 2 is 1.94 bits per heavy atom. The van der Waals surface area contributed by atoms with Crippen molar-refractivity contribution in [2.45, 2.75) is 33.1 Å². The molecule has 0 aromatic carbocycles. The summed E-state index contributed by atoms with van der Waals surface area (Å²) < 4.78 is 0. The molecule has 2 aromatic heterocycles. The van der Waals surface area contributed by atoms with Gasteiger partial charge >= 0.3 is 0 Å². The molecule has 0 aliphatic carbocycles. The van der Waals surface area contributed by atoms with E-state index < -0.39 is 0 Å². The van der Waals surface area contributed by atoms with Crippen LogP contribution in [0.2, 0.25) is 0 Å². The SMILES string of the molecule is Cc1ccc(-c2nc(C(C)(C)C)cc(=O)[nH]2)nc1. The Kier molecular flexibility index (Phi) is 3.03. The monoisotopic (exact) mass is 243 g/mol. The number of aromatic amines is 1. The molecule has 0 aliphatic heterocycles. The van der Waals surface area contributed by atoms with Crippen LogP contribution in [-0.2, 0) is 5.41 Å². The molecule has 18 heavy (non-hydrogen) atoms. The zero-order valence-electron chi connectivity index (χ0n) is 11.1. The number of hydrogen-bond acceptors (Lipinski definition) is 3.